The molecule has 5 nitrogen and oxygen atoms in total. The molecule has 0 bridgehead atoms. The molecule has 1 saturated heterocycles. The van der Waals surface area contributed by atoms with E-state index in [-0.39, 0.29) is 23.6 Å². The number of benzene rings is 3. The summed E-state index contributed by atoms with van der Waals surface area (Å²) < 4.78 is 25.4. The van der Waals surface area contributed by atoms with Crippen molar-refractivity contribution in [3.05, 3.63) is 98.6 Å². The van der Waals surface area contributed by atoms with E-state index in [4.69, 9.17) is 9.47 Å². The van der Waals surface area contributed by atoms with E-state index in [1.165, 1.54) is 29.7 Å². The van der Waals surface area contributed by atoms with Gasteiger partial charge in [0, 0.05) is 6.54 Å². The number of rotatable bonds is 9. The summed E-state index contributed by atoms with van der Waals surface area (Å²) in [5.41, 5.74) is 2.54. The number of halogens is 2. The topological polar surface area (TPSA) is 55.8 Å². The van der Waals surface area contributed by atoms with Crippen LogP contribution in [0, 0.1) is 5.82 Å². The van der Waals surface area contributed by atoms with Gasteiger partial charge >= 0.3 is 0 Å². The van der Waals surface area contributed by atoms with Crippen LogP contribution in [0.15, 0.2) is 76.1 Å². The quantitative estimate of drug-likeness (QED) is 0.270. The molecule has 0 saturated carbocycles. The summed E-state index contributed by atoms with van der Waals surface area (Å²) in [4.78, 5) is 27.0. The Labute approximate surface area is 216 Å². The van der Waals surface area contributed by atoms with Gasteiger partial charge in [0.25, 0.3) is 11.1 Å². The van der Waals surface area contributed by atoms with Crippen LogP contribution in [0.4, 0.5) is 9.18 Å². The molecule has 2 amide bonds. The zero-order valence-electron chi connectivity index (χ0n) is 19.0. The van der Waals surface area contributed by atoms with Crippen molar-refractivity contribution in [1.29, 1.82) is 0 Å². The van der Waals surface area contributed by atoms with E-state index < -0.39 is 0 Å². The van der Waals surface area contributed by atoms with Crippen molar-refractivity contribution in [2.75, 3.05) is 13.7 Å². The van der Waals surface area contributed by atoms with Crippen LogP contribution >= 0.6 is 27.7 Å². The minimum atomic E-state index is -0.332. The molecule has 1 fully saturated rings. The molecule has 0 unspecified atom stereocenters. The van der Waals surface area contributed by atoms with E-state index >= 15 is 0 Å². The molecule has 3 aromatic carbocycles. The Balaban J connectivity index is 1.45. The lowest BCUT2D eigenvalue weighted by atomic mass is 10.1. The van der Waals surface area contributed by atoms with E-state index in [2.05, 4.69) is 15.9 Å². The minimum absolute atomic E-state index is 0.161. The monoisotopic (exact) mass is 555 g/mol. The second-order valence-electron chi connectivity index (χ2n) is 7.88. The first-order chi connectivity index (χ1) is 16.9. The molecule has 1 aliphatic rings. The Kier molecular flexibility index (Phi) is 8.25. The second kappa shape index (κ2) is 11.6. The number of carbonyl (C=O) groups excluding carboxylic acids is 2. The standard InChI is InChI=1S/C27H23BrFNO4S/c1-33-23-15-20(14-22(28)25(23)34-17-19-9-5-11-21(29)13-19)16-24-26(31)30(27(32)35-24)12-6-10-18-7-3-2-4-8-18/h2-5,7-9,11,13-16H,6,10,12,17H2,1H3/b24-16+. The summed E-state index contributed by atoms with van der Waals surface area (Å²) in [5, 5.41) is -0.268. The zero-order chi connectivity index (χ0) is 24.8. The smallest absolute Gasteiger partial charge is 0.293 e. The highest BCUT2D eigenvalue weighted by Crippen LogP contribution is 2.39. The third-order valence-electron chi connectivity index (χ3n) is 5.39. The van der Waals surface area contributed by atoms with Crippen molar-refractivity contribution in [2.45, 2.75) is 19.4 Å². The fraction of sp³-hybridized carbons (Fsp3) is 0.185. The summed E-state index contributed by atoms with van der Waals surface area (Å²) in [6.45, 7) is 0.532. The number of nitrogens with zero attached hydrogens (tertiary/aromatic N) is 1. The summed E-state index contributed by atoms with van der Waals surface area (Å²) in [5.74, 6) is 0.281. The van der Waals surface area contributed by atoms with Gasteiger partial charge in [0.05, 0.1) is 16.5 Å². The summed E-state index contributed by atoms with van der Waals surface area (Å²) in [6, 6.07) is 19.7. The SMILES string of the molecule is COc1cc(/C=C2/SC(=O)N(CCCc3ccccc3)C2=O)cc(Br)c1OCc1cccc(F)c1. The van der Waals surface area contributed by atoms with E-state index in [1.807, 2.05) is 30.3 Å². The van der Waals surface area contributed by atoms with Crippen LogP contribution in [0.1, 0.15) is 23.1 Å². The Morgan fingerprint density at radius 3 is 2.54 bits per heavy atom. The largest absolute Gasteiger partial charge is 0.493 e. The number of thioether (sulfide) groups is 1. The lowest BCUT2D eigenvalue weighted by Crippen LogP contribution is -2.29. The first-order valence-corrected chi connectivity index (χ1v) is 12.6. The average Bonchev–Trinajstić information content (AvgIpc) is 3.11. The van der Waals surface area contributed by atoms with Crippen molar-refractivity contribution < 1.29 is 23.5 Å². The van der Waals surface area contributed by atoms with Gasteiger partial charge in [-0.05, 0) is 87.6 Å². The average molecular weight is 556 g/mol. The number of methoxy groups -OCH3 is 1. The van der Waals surface area contributed by atoms with Gasteiger partial charge in [0.15, 0.2) is 11.5 Å². The van der Waals surface area contributed by atoms with E-state index in [0.717, 1.165) is 18.2 Å². The molecule has 1 heterocycles. The molecular weight excluding hydrogens is 533 g/mol. The van der Waals surface area contributed by atoms with E-state index in [0.29, 0.717) is 45.0 Å². The minimum Gasteiger partial charge on any atom is -0.493 e. The van der Waals surface area contributed by atoms with Gasteiger partial charge in [0.2, 0.25) is 0 Å². The summed E-state index contributed by atoms with van der Waals surface area (Å²) >= 11 is 4.42. The predicted octanol–water partition coefficient (Wildman–Crippen LogP) is 6.84. The van der Waals surface area contributed by atoms with E-state index in [9.17, 15) is 14.0 Å². The number of ether oxygens (including phenoxy) is 2. The molecule has 35 heavy (non-hydrogen) atoms. The van der Waals surface area contributed by atoms with Gasteiger partial charge in [-0.2, -0.15) is 0 Å². The summed E-state index contributed by atoms with van der Waals surface area (Å²) in [6.07, 6.45) is 3.17. The Hall–Kier alpha value is -3.10. The number of carbonyl (C=O) groups is 2. The van der Waals surface area contributed by atoms with Gasteiger partial charge in [0.1, 0.15) is 12.4 Å². The molecule has 3 aromatic rings. The lowest BCUT2D eigenvalue weighted by Gasteiger charge is -2.14. The van der Waals surface area contributed by atoms with Crippen LogP contribution in [0.5, 0.6) is 11.5 Å². The third kappa shape index (κ3) is 6.32. The van der Waals surface area contributed by atoms with Crippen molar-refractivity contribution >= 4 is 44.9 Å². The first kappa shape index (κ1) is 25.0. The normalized spacial score (nSPS) is 14.6. The Morgan fingerprint density at radius 1 is 1.03 bits per heavy atom. The number of hydrogen-bond acceptors (Lipinski definition) is 5. The van der Waals surface area contributed by atoms with Crippen LogP contribution < -0.4 is 9.47 Å². The lowest BCUT2D eigenvalue weighted by molar-refractivity contribution is -0.122. The fourth-order valence-electron chi connectivity index (χ4n) is 3.68. The highest BCUT2D eigenvalue weighted by molar-refractivity contribution is 9.10. The van der Waals surface area contributed by atoms with Gasteiger partial charge in [-0.15, -0.1) is 0 Å². The van der Waals surface area contributed by atoms with Crippen molar-refractivity contribution in [1.82, 2.24) is 4.90 Å². The fourth-order valence-corrected chi connectivity index (χ4v) is 5.11. The number of amides is 2. The number of aryl methyl sites for hydroxylation is 1. The zero-order valence-corrected chi connectivity index (χ0v) is 21.4. The van der Waals surface area contributed by atoms with Crippen molar-refractivity contribution in [2.24, 2.45) is 0 Å². The Bertz CT molecular complexity index is 1270. The van der Waals surface area contributed by atoms with Gasteiger partial charge in [-0.3, -0.25) is 14.5 Å². The number of imide groups is 1. The first-order valence-electron chi connectivity index (χ1n) is 11.0. The molecule has 4 rings (SSSR count). The molecule has 8 heteroatoms. The predicted molar refractivity (Wildman–Crippen MR) is 139 cm³/mol. The van der Waals surface area contributed by atoms with Gasteiger partial charge in [-0.1, -0.05) is 42.5 Å². The van der Waals surface area contributed by atoms with Crippen LogP contribution in [-0.2, 0) is 17.8 Å². The molecule has 0 atom stereocenters. The molecule has 180 valence electrons. The molecular formula is C27H23BrFNO4S. The second-order valence-corrected chi connectivity index (χ2v) is 9.72. The van der Waals surface area contributed by atoms with Gasteiger partial charge in [-0.25, -0.2) is 4.39 Å². The maximum absolute atomic E-state index is 13.4. The van der Waals surface area contributed by atoms with Crippen LogP contribution in [0.25, 0.3) is 6.08 Å². The highest BCUT2D eigenvalue weighted by atomic mass is 79.9. The van der Waals surface area contributed by atoms with E-state index in [1.54, 1.807) is 30.3 Å². The molecule has 0 aliphatic carbocycles. The molecule has 0 aromatic heterocycles. The maximum atomic E-state index is 13.4. The highest BCUT2D eigenvalue weighted by Gasteiger charge is 2.34. The molecule has 1 aliphatic heterocycles. The van der Waals surface area contributed by atoms with Gasteiger partial charge < -0.3 is 9.47 Å². The van der Waals surface area contributed by atoms with Crippen molar-refractivity contribution in [3.63, 3.8) is 0 Å². The molecule has 0 spiro atoms. The van der Waals surface area contributed by atoms with Crippen LogP contribution in [0.2, 0.25) is 0 Å². The maximum Gasteiger partial charge on any atom is 0.293 e. The summed E-state index contributed by atoms with van der Waals surface area (Å²) in [7, 11) is 1.52. The third-order valence-corrected chi connectivity index (χ3v) is 6.88. The molecule has 0 N–H and O–H groups in total. The molecule has 0 radical (unpaired) electrons. The number of hydrogen-bond donors (Lipinski definition) is 0. The van der Waals surface area contributed by atoms with Crippen molar-refractivity contribution in [3.8, 4) is 11.5 Å². The Morgan fingerprint density at radius 2 is 1.80 bits per heavy atom. The van der Waals surface area contributed by atoms with Crippen LogP contribution in [0.3, 0.4) is 0 Å². The van der Waals surface area contributed by atoms with Crippen LogP contribution in [-0.4, -0.2) is 29.7 Å².